The summed E-state index contributed by atoms with van der Waals surface area (Å²) in [6.07, 6.45) is 5.02. The number of imidazole rings is 1. The van der Waals surface area contributed by atoms with Crippen LogP contribution < -0.4 is 0 Å². The van der Waals surface area contributed by atoms with Gasteiger partial charge in [-0.15, -0.1) is 0 Å². The number of benzene rings is 1. The van der Waals surface area contributed by atoms with Crippen LogP contribution in [-0.2, 0) is 6.54 Å². The molecule has 0 saturated carbocycles. The first-order chi connectivity index (χ1) is 7.79. The van der Waals surface area contributed by atoms with E-state index < -0.39 is 0 Å². The summed E-state index contributed by atoms with van der Waals surface area (Å²) in [4.78, 5) is 3.88. The van der Waals surface area contributed by atoms with Crippen molar-refractivity contribution in [2.75, 3.05) is 0 Å². The Morgan fingerprint density at radius 2 is 2.12 bits per heavy atom. The van der Waals surface area contributed by atoms with E-state index in [1.807, 2.05) is 0 Å². The number of oxime groups is 1. The maximum absolute atomic E-state index is 12.7. The SMILES string of the molecule is ON=C(Cn1ccnc1)c1ccc(F)cc1. The van der Waals surface area contributed by atoms with Crippen molar-refractivity contribution in [2.24, 2.45) is 5.16 Å². The Bertz CT molecular complexity index is 476. The Hall–Kier alpha value is -2.17. The normalized spacial score (nSPS) is 11.7. The summed E-state index contributed by atoms with van der Waals surface area (Å²) in [6, 6.07) is 5.80. The lowest BCUT2D eigenvalue weighted by Gasteiger charge is -2.05. The monoisotopic (exact) mass is 219 g/mol. The molecule has 1 aromatic carbocycles. The van der Waals surface area contributed by atoms with E-state index in [1.165, 1.54) is 12.1 Å². The topological polar surface area (TPSA) is 50.4 Å². The molecular formula is C11H10FN3O. The molecule has 0 atom stereocenters. The number of hydrogen-bond donors (Lipinski definition) is 1. The van der Waals surface area contributed by atoms with Gasteiger partial charge in [0.1, 0.15) is 11.5 Å². The molecular weight excluding hydrogens is 209 g/mol. The van der Waals surface area contributed by atoms with Gasteiger partial charge in [-0.2, -0.15) is 0 Å². The Kier molecular flexibility index (Phi) is 2.95. The third-order valence-electron chi connectivity index (χ3n) is 2.19. The molecule has 2 rings (SSSR count). The first kappa shape index (κ1) is 10.4. The molecule has 0 radical (unpaired) electrons. The Balaban J connectivity index is 2.20. The molecule has 82 valence electrons. The van der Waals surface area contributed by atoms with Crippen molar-refractivity contribution in [3.8, 4) is 0 Å². The summed E-state index contributed by atoms with van der Waals surface area (Å²) in [5.74, 6) is -0.316. The molecule has 1 heterocycles. The molecule has 0 bridgehead atoms. The van der Waals surface area contributed by atoms with E-state index in [2.05, 4.69) is 10.1 Å². The second-order valence-electron chi connectivity index (χ2n) is 3.29. The van der Waals surface area contributed by atoms with Crippen LogP contribution in [-0.4, -0.2) is 20.5 Å². The van der Waals surface area contributed by atoms with Crippen molar-refractivity contribution in [2.45, 2.75) is 6.54 Å². The zero-order chi connectivity index (χ0) is 11.4. The number of hydrogen-bond acceptors (Lipinski definition) is 3. The Morgan fingerprint density at radius 1 is 1.38 bits per heavy atom. The third-order valence-corrected chi connectivity index (χ3v) is 2.19. The van der Waals surface area contributed by atoms with Gasteiger partial charge in [0, 0.05) is 18.0 Å². The summed E-state index contributed by atoms with van der Waals surface area (Å²) in [5.41, 5.74) is 1.13. The second-order valence-corrected chi connectivity index (χ2v) is 3.29. The summed E-state index contributed by atoms with van der Waals surface area (Å²) in [6.45, 7) is 0.391. The van der Waals surface area contributed by atoms with Crippen molar-refractivity contribution >= 4 is 5.71 Å². The van der Waals surface area contributed by atoms with Gasteiger partial charge >= 0.3 is 0 Å². The van der Waals surface area contributed by atoms with Gasteiger partial charge in [0.15, 0.2) is 0 Å². The summed E-state index contributed by atoms with van der Waals surface area (Å²) < 4.78 is 14.5. The standard InChI is InChI=1S/C11H10FN3O/c12-10-3-1-9(2-4-10)11(14-16)7-15-6-5-13-8-15/h1-6,8,16H,7H2. The van der Waals surface area contributed by atoms with Crippen LogP contribution in [0.1, 0.15) is 5.56 Å². The number of halogens is 1. The minimum absolute atomic E-state index is 0.316. The van der Waals surface area contributed by atoms with Crippen LogP contribution in [0.2, 0.25) is 0 Å². The number of nitrogens with zero attached hydrogens (tertiary/aromatic N) is 3. The molecule has 0 saturated heterocycles. The molecule has 5 heteroatoms. The number of rotatable bonds is 3. The number of aromatic nitrogens is 2. The van der Waals surface area contributed by atoms with E-state index in [9.17, 15) is 4.39 Å². The fourth-order valence-corrected chi connectivity index (χ4v) is 1.38. The minimum Gasteiger partial charge on any atom is -0.411 e. The van der Waals surface area contributed by atoms with E-state index in [1.54, 1.807) is 35.4 Å². The smallest absolute Gasteiger partial charge is 0.123 e. The van der Waals surface area contributed by atoms with Crippen molar-refractivity contribution < 1.29 is 9.60 Å². The van der Waals surface area contributed by atoms with Gasteiger partial charge in [-0.1, -0.05) is 17.3 Å². The van der Waals surface area contributed by atoms with Crippen LogP contribution in [0.25, 0.3) is 0 Å². The van der Waals surface area contributed by atoms with E-state index >= 15 is 0 Å². The van der Waals surface area contributed by atoms with Gasteiger partial charge in [0.2, 0.25) is 0 Å². The third kappa shape index (κ3) is 2.25. The molecule has 0 amide bonds. The van der Waals surface area contributed by atoms with Gasteiger partial charge in [-0.05, 0) is 12.1 Å². The van der Waals surface area contributed by atoms with Gasteiger partial charge in [-0.25, -0.2) is 9.37 Å². The second kappa shape index (κ2) is 4.57. The Labute approximate surface area is 91.7 Å². The van der Waals surface area contributed by atoms with Crippen LogP contribution in [0.15, 0.2) is 48.1 Å². The minimum atomic E-state index is -0.316. The zero-order valence-electron chi connectivity index (χ0n) is 8.42. The average Bonchev–Trinajstić information content (AvgIpc) is 2.80. The molecule has 2 aromatic rings. The molecule has 16 heavy (non-hydrogen) atoms. The predicted octanol–water partition coefficient (Wildman–Crippen LogP) is 1.90. The maximum Gasteiger partial charge on any atom is 0.123 e. The van der Waals surface area contributed by atoms with Crippen LogP contribution >= 0.6 is 0 Å². The molecule has 0 fully saturated rings. The fraction of sp³-hybridized carbons (Fsp3) is 0.0909. The molecule has 0 aliphatic carbocycles. The average molecular weight is 219 g/mol. The van der Waals surface area contributed by atoms with E-state index in [0.29, 0.717) is 17.8 Å². The lowest BCUT2D eigenvalue weighted by molar-refractivity contribution is 0.317. The van der Waals surface area contributed by atoms with Crippen molar-refractivity contribution in [1.82, 2.24) is 9.55 Å². The van der Waals surface area contributed by atoms with E-state index in [-0.39, 0.29) is 5.82 Å². The summed E-state index contributed by atoms with van der Waals surface area (Å²) >= 11 is 0. The highest BCUT2D eigenvalue weighted by Crippen LogP contribution is 2.06. The van der Waals surface area contributed by atoms with E-state index in [4.69, 9.17) is 5.21 Å². The lowest BCUT2D eigenvalue weighted by Crippen LogP contribution is -2.10. The van der Waals surface area contributed by atoms with E-state index in [0.717, 1.165) is 0 Å². The first-order valence-electron chi connectivity index (χ1n) is 4.72. The van der Waals surface area contributed by atoms with Crippen LogP contribution in [0.5, 0.6) is 0 Å². The van der Waals surface area contributed by atoms with Gasteiger partial charge in [-0.3, -0.25) is 0 Å². The Morgan fingerprint density at radius 3 is 2.69 bits per heavy atom. The summed E-state index contributed by atoms with van der Waals surface area (Å²) in [7, 11) is 0. The molecule has 0 aliphatic heterocycles. The van der Waals surface area contributed by atoms with Gasteiger partial charge in [0.05, 0.1) is 12.9 Å². The highest BCUT2D eigenvalue weighted by Gasteiger charge is 2.05. The molecule has 4 nitrogen and oxygen atoms in total. The quantitative estimate of drug-likeness (QED) is 0.487. The largest absolute Gasteiger partial charge is 0.411 e. The summed E-state index contributed by atoms with van der Waals surface area (Å²) in [5, 5.41) is 12.1. The van der Waals surface area contributed by atoms with Crippen LogP contribution in [0.4, 0.5) is 4.39 Å². The molecule has 0 unspecified atom stereocenters. The van der Waals surface area contributed by atoms with Crippen molar-refractivity contribution in [3.63, 3.8) is 0 Å². The maximum atomic E-state index is 12.7. The molecule has 1 N–H and O–H groups in total. The first-order valence-corrected chi connectivity index (χ1v) is 4.72. The molecule has 0 aliphatic rings. The zero-order valence-corrected chi connectivity index (χ0v) is 8.42. The fourth-order valence-electron chi connectivity index (χ4n) is 1.38. The molecule has 1 aromatic heterocycles. The predicted molar refractivity (Wildman–Crippen MR) is 57.0 cm³/mol. The van der Waals surface area contributed by atoms with Crippen molar-refractivity contribution in [3.05, 3.63) is 54.4 Å². The van der Waals surface area contributed by atoms with Crippen LogP contribution in [0, 0.1) is 5.82 Å². The highest BCUT2D eigenvalue weighted by molar-refractivity contribution is 5.99. The van der Waals surface area contributed by atoms with Crippen molar-refractivity contribution in [1.29, 1.82) is 0 Å². The molecule has 0 spiro atoms. The lowest BCUT2D eigenvalue weighted by atomic mass is 10.1. The highest BCUT2D eigenvalue weighted by atomic mass is 19.1. The van der Waals surface area contributed by atoms with Gasteiger partial charge in [0.25, 0.3) is 0 Å². The van der Waals surface area contributed by atoms with Crippen LogP contribution in [0.3, 0.4) is 0 Å². The van der Waals surface area contributed by atoms with Gasteiger partial charge < -0.3 is 9.77 Å².